The number of hydrogen-bond donors (Lipinski definition) is 1. The van der Waals surface area contributed by atoms with Crippen LogP contribution in [0.25, 0.3) is 0 Å². The fourth-order valence-electron chi connectivity index (χ4n) is 1.62. The second-order valence-corrected chi connectivity index (χ2v) is 5.08. The molecular weight excluding hydrogens is 298 g/mol. The predicted octanol–water partition coefficient (Wildman–Crippen LogP) is 4.76. The zero-order valence-electron chi connectivity index (χ0n) is 9.29. The third-order valence-electron chi connectivity index (χ3n) is 2.50. The van der Waals surface area contributed by atoms with E-state index in [-0.39, 0.29) is 0 Å². The Morgan fingerprint density at radius 1 is 1.06 bits per heavy atom. The Morgan fingerprint density at radius 3 is 2.53 bits per heavy atom. The SMILES string of the molecule is Clc1ccc(NCCc2ccccc2)c(Br)c1. The molecule has 0 saturated heterocycles. The third kappa shape index (κ3) is 3.76. The van der Waals surface area contributed by atoms with Gasteiger partial charge in [0.05, 0.1) is 0 Å². The molecule has 0 aliphatic rings. The van der Waals surface area contributed by atoms with Gasteiger partial charge in [-0.25, -0.2) is 0 Å². The van der Waals surface area contributed by atoms with Crippen molar-refractivity contribution >= 4 is 33.2 Å². The highest BCUT2D eigenvalue weighted by Crippen LogP contribution is 2.25. The first-order valence-corrected chi connectivity index (χ1v) is 6.65. The first-order chi connectivity index (χ1) is 8.25. The van der Waals surface area contributed by atoms with E-state index in [2.05, 4.69) is 45.5 Å². The van der Waals surface area contributed by atoms with Crippen LogP contribution in [0, 0.1) is 0 Å². The Labute approximate surface area is 115 Å². The summed E-state index contributed by atoms with van der Waals surface area (Å²) in [5, 5.41) is 4.12. The average molecular weight is 311 g/mol. The van der Waals surface area contributed by atoms with Gasteiger partial charge >= 0.3 is 0 Å². The van der Waals surface area contributed by atoms with E-state index >= 15 is 0 Å². The van der Waals surface area contributed by atoms with E-state index in [1.54, 1.807) is 0 Å². The van der Waals surface area contributed by atoms with Crippen molar-refractivity contribution in [2.24, 2.45) is 0 Å². The smallest absolute Gasteiger partial charge is 0.0485 e. The summed E-state index contributed by atoms with van der Waals surface area (Å²) in [6, 6.07) is 16.2. The molecule has 0 saturated carbocycles. The third-order valence-corrected chi connectivity index (χ3v) is 3.39. The molecular formula is C14H13BrClN. The maximum absolute atomic E-state index is 5.89. The molecule has 0 spiro atoms. The summed E-state index contributed by atoms with van der Waals surface area (Å²) in [4.78, 5) is 0. The van der Waals surface area contributed by atoms with Gasteiger partial charge in [0.2, 0.25) is 0 Å². The first kappa shape index (κ1) is 12.5. The molecule has 17 heavy (non-hydrogen) atoms. The van der Waals surface area contributed by atoms with E-state index in [1.807, 2.05) is 24.3 Å². The Morgan fingerprint density at radius 2 is 1.82 bits per heavy atom. The molecule has 0 aliphatic carbocycles. The van der Waals surface area contributed by atoms with Crippen LogP contribution in [0.4, 0.5) is 5.69 Å². The number of nitrogens with one attached hydrogen (secondary N) is 1. The molecule has 0 fully saturated rings. The second-order valence-electron chi connectivity index (χ2n) is 3.79. The maximum atomic E-state index is 5.89. The van der Waals surface area contributed by atoms with Crippen LogP contribution in [0.1, 0.15) is 5.56 Å². The van der Waals surface area contributed by atoms with E-state index < -0.39 is 0 Å². The molecule has 88 valence electrons. The van der Waals surface area contributed by atoms with Crippen LogP contribution < -0.4 is 5.32 Å². The molecule has 1 N–H and O–H groups in total. The fourth-order valence-corrected chi connectivity index (χ4v) is 2.44. The molecule has 0 aliphatic heterocycles. The lowest BCUT2D eigenvalue weighted by Gasteiger charge is -2.08. The van der Waals surface area contributed by atoms with Crippen LogP contribution >= 0.6 is 27.5 Å². The molecule has 0 heterocycles. The van der Waals surface area contributed by atoms with E-state index in [1.165, 1.54) is 5.56 Å². The number of anilines is 1. The fraction of sp³-hybridized carbons (Fsp3) is 0.143. The quantitative estimate of drug-likeness (QED) is 0.858. The van der Waals surface area contributed by atoms with Crippen molar-refractivity contribution < 1.29 is 0 Å². The monoisotopic (exact) mass is 309 g/mol. The average Bonchev–Trinajstić information content (AvgIpc) is 2.33. The van der Waals surface area contributed by atoms with Gasteiger partial charge in [-0.15, -0.1) is 0 Å². The first-order valence-electron chi connectivity index (χ1n) is 5.48. The minimum absolute atomic E-state index is 0.741. The van der Waals surface area contributed by atoms with Crippen molar-refractivity contribution in [3.8, 4) is 0 Å². The molecule has 0 bridgehead atoms. The lowest BCUT2D eigenvalue weighted by Crippen LogP contribution is -2.05. The number of hydrogen-bond acceptors (Lipinski definition) is 1. The van der Waals surface area contributed by atoms with E-state index in [4.69, 9.17) is 11.6 Å². The van der Waals surface area contributed by atoms with Gasteiger partial charge in [-0.3, -0.25) is 0 Å². The van der Waals surface area contributed by atoms with Gasteiger partial charge in [0.15, 0.2) is 0 Å². The summed E-state index contributed by atoms with van der Waals surface area (Å²) in [5.41, 5.74) is 2.41. The summed E-state index contributed by atoms with van der Waals surface area (Å²) in [5.74, 6) is 0. The number of halogens is 2. The van der Waals surface area contributed by atoms with Crippen LogP contribution in [0.5, 0.6) is 0 Å². The van der Waals surface area contributed by atoms with Crippen LogP contribution in [0.2, 0.25) is 5.02 Å². The Bertz CT molecular complexity index is 485. The van der Waals surface area contributed by atoms with Gasteiger partial charge in [0, 0.05) is 21.7 Å². The summed E-state index contributed by atoms with van der Waals surface area (Å²) >= 11 is 9.38. The Kier molecular flexibility index (Phi) is 4.46. The Balaban J connectivity index is 1.90. The normalized spacial score (nSPS) is 10.2. The van der Waals surface area contributed by atoms with Crippen molar-refractivity contribution in [1.29, 1.82) is 0 Å². The highest BCUT2D eigenvalue weighted by molar-refractivity contribution is 9.10. The summed E-state index contributed by atoms with van der Waals surface area (Å²) in [6.07, 6.45) is 1.01. The van der Waals surface area contributed by atoms with Gasteiger partial charge in [-0.05, 0) is 46.1 Å². The van der Waals surface area contributed by atoms with Gasteiger partial charge in [-0.1, -0.05) is 41.9 Å². The highest BCUT2D eigenvalue weighted by atomic mass is 79.9. The molecule has 0 aromatic heterocycles. The molecule has 0 amide bonds. The van der Waals surface area contributed by atoms with Gasteiger partial charge < -0.3 is 5.32 Å². The van der Waals surface area contributed by atoms with Crippen LogP contribution in [-0.2, 0) is 6.42 Å². The largest absolute Gasteiger partial charge is 0.384 e. The van der Waals surface area contributed by atoms with Crippen molar-refractivity contribution in [1.82, 2.24) is 0 Å². The second kappa shape index (κ2) is 6.08. The lowest BCUT2D eigenvalue weighted by atomic mass is 10.1. The summed E-state index contributed by atoms with van der Waals surface area (Å²) in [7, 11) is 0. The van der Waals surface area contributed by atoms with Gasteiger partial charge in [0.25, 0.3) is 0 Å². The minimum atomic E-state index is 0.741. The van der Waals surface area contributed by atoms with Crippen molar-refractivity contribution in [3.05, 3.63) is 63.6 Å². The predicted molar refractivity (Wildman–Crippen MR) is 77.8 cm³/mol. The topological polar surface area (TPSA) is 12.0 Å². The number of rotatable bonds is 4. The van der Waals surface area contributed by atoms with Crippen molar-refractivity contribution in [2.45, 2.75) is 6.42 Å². The van der Waals surface area contributed by atoms with Crippen LogP contribution in [0.15, 0.2) is 53.0 Å². The number of benzene rings is 2. The molecule has 3 heteroatoms. The van der Waals surface area contributed by atoms with E-state index in [0.717, 1.165) is 28.1 Å². The summed E-state index contributed by atoms with van der Waals surface area (Å²) in [6.45, 7) is 0.907. The zero-order chi connectivity index (χ0) is 12.1. The zero-order valence-corrected chi connectivity index (χ0v) is 11.6. The van der Waals surface area contributed by atoms with Gasteiger partial charge in [0.1, 0.15) is 0 Å². The van der Waals surface area contributed by atoms with Gasteiger partial charge in [-0.2, -0.15) is 0 Å². The van der Waals surface area contributed by atoms with Crippen molar-refractivity contribution in [2.75, 3.05) is 11.9 Å². The maximum Gasteiger partial charge on any atom is 0.0485 e. The molecule has 0 atom stereocenters. The van der Waals surface area contributed by atoms with Crippen LogP contribution in [-0.4, -0.2) is 6.54 Å². The minimum Gasteiger partial charge on any atom is -0.384 e. The van der Waals surface area contributed by atoms with Crippen LogP contribution in [0.3, 0.4) is 0 Å². The van der Waals surface area contributed by atoms with Crippen molar-refractivity contribution in [3.63, 3.8) is 0 Å². The molecule has 0 radical (unpaired) electrons. The Hall–Kier alpha value is -0.990. The molecule has 0 unspecified atom stereocenters. The summed E-state index contributed by atoms with van der Waals surface area (Å²) < 4.78 is 0.998. The molecule has 2 aromatic rings. The van der Waals surface area contributed by atoms with E-state index in [0.29, 0.717) is 0 Å². The van der Waals surface area contributed by atoms with E-state index in [9.17, 15) is 0 Å². The standard InChI is InChI=1S/C14H13BrClN/c15-13-10-12(16)6-7-14(13)17-9-8-11-4-2-1-3-5-11/h1-7,10,17H,8-9H2. The molecule has 2 aromatic carbocycles. The molecule has 2 rings (SSSR count). The molecule has 1 nitrogen and oxygen atoms in total. The lowest BCUT2D eigenvalue weighted by molar-refractivity contribution is 1.02. The highest BCUT2D eigenvalue weighted by Gasteiger charge is 1.99.